The Hall–Kier alpha value is -3.73. The van der Waals surface area contributed by atoms with Gasteiger partial charge in [-0.25, -0.2) is 0 Å². The lowest BCUT2D eigenvalue weighted by molar-refractivity contribution is -0.118. The molecule has 8 nitrogen and oxygen atoms in total. The number of carbonyl (C=O) groups is 1. The van der Waals surface area contributed by atoms with Crippen LogP contribution in [-0.2, 0) is 11.2 Å². The minimum absolute atomic E-state index is 0.169. The summed E-state index contributed by atoms with van der Waals surface area (Å²) in [5, 5.41) is 19.0. The summed E-state index contributed by atoms with van der Waals surface area (Å²) in [6, 6.07) is 14.5. The Balaban J connectivity index is 1.53. The number of benzene rings is 1. The highest BCUT2D eigenvalue weighted by atomic mass is 16.5. The first-order valence-corrected chi connectivity index (χ1v) is 7.47. The van der Waals surface area contributed by atoms with Crippen molar-refractivity contribution in [1.82, 2.24) is 20.2 Å². The van der Waals surface area contributed by atoms with Crippen LogP contribution >= 0.6 is 0 Å². The van der Waals surface area contributed by atoms with Gasteiger partial charge in [-0.1, -0.05) is 18.2 Å². The SMILES string of the molecule is N#CCc1ccc(OCC(=O)Nc2nnc(-c3ccccn3)[nH]2)cc1. The highest BCUT2D eigenvalue weighted by molar-refractivity contribution is 5.90. The van der Waals surface area contributed by atoms with Crippen LogP contribution in [0.1, 0.15) is 5.56 Å². The van der Waals surface area contributed by atoms with Gasteiger partial charge in [0.05, 0.1) is 12.5 Å². The average Bonchev–Trinajstić information content (AvgIpc) is 3.11. The van der Waals surface area contributed by atoms with Gasteiger partial charge in [-0.05, 0) is 29.8 Å². The largest absolute Gasteiger partial charge is 0.484 e. The van der Waals surface area contributed by atoms with Crippen LogP contribution in [0.25, 0.3) is 11.5 Å². The third-order valence-corrected chi connectivity index (χ3v) is 3.23. The number of ether oxygens (including phenoxy) is 1. The number of pyridine rings is 1. The number of aromatic nitrogens is 4. The second kappa shape index (κ2) is 7.70. The molecule has 0 saturated heterocycles. The van der Waals surface area contributed by atoms with E-state index in [-0.39, 0.29) is 18.5 Å². The van der Waals surface area contributed by atoms with Gasteiger partial charge in [-0.2, -0.15) is 5.26 Å². The molecule has 2 aromatic heterocycles. The standard InChI is InChI=1S/C17H14N6O2/c18-9-8-12-4-6-13(7-5-12)25-11-15(24)20-17-21-16(22-23-17)14-3-1-2-10-19-14/h1-7,10H,8,11H2,(H2,20,21,22,23,24). The van der Waals surface area contributed by atoms with Gasteiger partial charge in [-0.3, -0.25) is 15.1 Å². The molecular weight excluding hydrogens is 320 g/mol. The maximum Gasteiger partial charge on any atom is 0.264 e. The van der Waals surface area contributed by atoms with E-state index in [1.54, 1.807) is 42.6 Å². The first-order chi connectivity index (χ1) is 12.2. The summed E-state index contributed by atoms with van der Waals surface area (Å²) < 4.78 is 5.40. The van der Waals surface area contributed by atoms with Crippen molar-refractivity contribution in [2.75, 3.05) is 11.9 Å². The smallest absolute Gasteiger partial charge is 0.264 e. The number of hydrogen-bond acceptors (Lipinski definition) is 6. The van der Waals surface area contributed by atoms with E-state index in [2.05, 4.69) is 31.6 Å². The van der Waals surface area contributed by atoms with Crippen LogP contribution in [0.15, 0.2) is 48.7 Å². The summed E-state index contributed by atoms with van der Waals surface area (Å²) in [5.74, 6) is 0.858. The summed E-state index contributed by atoms with van der Waals surface area (Å²) in [6.07, 6.45) is 1.98. The van der Waals surface area contributed by atoms with Gasteiger partial charge >= 0.3 is 0 Å². The number of rotatable bonds is 6. The van der Waals surface area contributed by atoms with Crippen molar-refractivity contribution in [3.05, 3.63) is 54.2 Å². The summed E-state index contributed by atoms with van der Waals surface area (Å²) in [6.45, 7) is -0.169. The van der Waals surface area contributed by atoms with Gasteiger partial charge in [0.25, 0.3) is 5.91 Å². The van der Waals surface area contributed by atoms with Crippen molar-refractivity contribution >= 4 is 11.9 Å². The van der Waals surface area contributed by atoms with Crippen LogP contribution in [0.5, 0.6) is 5.75 Å². The van der Waals surface area contributed by atoms with Gasteiger partial charge in [0.1, 0.15) is 11.4 Å². The van der Waals surface area contributed by atoms with Crippen molar-refractivity contribution in [1.29, 1.82) is 5.26 Å². The molecule has 0 saturated carbocycles. The second-order valence-corrected chi connectivity index (χ2v) is 5.05. The molecule has 0 radical (unpaired) electrons. The maximum absolute atomic E-state index is 11.9. The van der Waals surface area contributed by atoms with E-state index in [4.69, 9.17) is 10.00 Å². The molecule has 25 heavy (non-hydrogen) atoms. The summed E-state index contributed by atoms with van der Waals surface area (Å²) >= 11 is 0. The third-order valence-electron chi connectivity index (χ3n) is 3.23. The molecule has 0 aliphatic heterocycles. The Morgan fingerprint density at radius 3 is 2.76 bits per heavy atom. The van der Waals surface area contributed by atoms with Gasteiger partial charge < -0.3 is 9.72 Å². The number of amides is 1. The predicted octanol–water partition coefficient (Wildman–Crippen LogP) is 1.95. The normalized spacial score (nSPS) is 10.0. The molecule has 3 aromatic rings. The molecule has 2 N–H and O–H groups in total. The summed E-state index contributed by atoms with van der Waals surface area (Å²) in [5.41, 5.74) is 1.52. The lowest BCUT2D eigenvalue weighted by atomic mass is 10.2. The average molecular weight is 334 g/mol. The zero-order valence-corrected chi connectivity index (χ0v) is 13.1. The monoisotopic (exact) mass is 334 g/mol. The molecule has 1 amide bonds. The van der Waals surface area contributed by atoms with Crippen molar-refractivity contribution in [2.45, 2.75) is 6.42 Å². The van der Waals surface area contributed by atoms with E-state index in [9.17, 15) is 4.79 Å². The molecular formula is C17H14N6O2. The fourth-order valence-electron chi connectivity index (χ4n) is 2.05. The second-order valence-electron chi connectivity index (χ2n) is 5.05. The lowest BCUT2D eigenvalue weighted by Gasteiger charge is -2.06. The van der Waals surface area contributed by atoms with Crippen LogP contribution in [0.4, 0.5) is 5.95 Å². The van der Waals surface area contributed by atoms with Crippen LogP contribution in [0.2, 0.25) is 0 Å². The molecule has 8 heteroatoms. The Morgan fingerprint density at radius 1 is 1.20 bits per heavy atom. The first-order valence-electron chi connectivity index (χ1n) is 7.47. The number of nitrogens with one attached hydrogen (secondary N) is 2. The fraction of sp³-hybridized carbons (Fsp3) is 0.118. The topological polar surface area (TPSA) is 117 Å². The third kappa shape index (κ3) is 4.39. The minimum Gasteiger partial charge on any atom is -0.484 e. The first kappa shape index (κ1) is 16.1. The van der Waals surface area contributed by atoms with E-state index in [1.807, 2.05) is 6.07 Å². The van der Waals surface area contributed by atoms with E-state index in [0.717, 1.165) is 5.56 Å². The molecule has 0 spiro atoms. The number of hydrogen-bond donors (Lipinski definition) is 2. The maximum atomic E-state index is 11.9. The van der Waals surface area contributed by atoms with E-state index in [0.29, 0.717) is 23.7 Å². The quantitative estimate of drug-likeness (QED) is 0.711. The predicted molar refractivity (Wildman–Crippen MR) is 89.5 cm³/mol. The number of anilines is 1. The van der Waals surface area contributed by atoms with Crippen LogP contribution in [0.3, 0.4) is 0 Å². The summed E-state index contributed by atoms with van der Waals surface area (Å²) in [7, 11) is 0. The zero-order valence-electron chi connectivity index (χ0n) is 13.1. The lowest BCUT2D eigenvalue weighted by Crippen LogP contribution is -2.20. The van der Waals surface area contributed by atoms with E-state index in [1.165, 1.54) is 0 Å². The number of H-pyrrole nitrogens is 1. The van der Waals surface area contributed by atoms with E-state index < -0.39 is 0 Å². The van der Waals surface area contributed by atoms with Crippen molar-refractivity contribution in [3.63, 3.8) is 0 Å². The van der Waals surface area contributed by atoms with Crippen molar-refractivity contribution < 1.29 is 9.53 Å². The molecule has 3 rings (SSSR count). The molecule has 0 aliphatic carbocycles. The molecule has 1 aromatic carbocycles. The number of carbonyl (C=O) groups excluding carboxylic acids is 1. The molecule has 0 aliphatic rings. The van der Waals surface area contributed by atoms with Crippen molar-refractivity contribution in [2.24, 2.45) is 0 Å². The number of nitrogens with zero attached hydrogens (tertiary/aromatic N) is 4. The fourth-order valence-corrected chi connectivity index (χ4v) is 2.05. The van der Waals surface area contributed by atoms with Gasteiger partial charge in [-0.15, -0.1) is 10.2 Å². The summed E-state index contributed by atoms with van der Waals surface area (Å²) in [4.78, 5) is 18.9. The molecule has 2 heterocycles. The van der Waals surface area contributed by atoms with Crippen LogP contribution in [-0.4, -0.2) is 32.7 Å². The number of nitriles is 1. The molecule has 0 fully saturated rings. The molecule has 0 bridgehead atoms. The van der Waals surface area contributed by atoms with E-state index >= 15 is 0 Å². The van der Waals surface area contributed by atoms with Gasteiger partial charge in [0.2, 0.25) is 5.95 Å². The molecule has 0 atom stereocenters. The zero-order chi connectivity index (χ0) is 17.5. The highest BCUT2D eigenvalue weighted by Crippen LogP contribution is 2.13. The Bertz CT molecular complexity index is 884. The van der Waals surface area contributed by atoms with Crippen LogP contribution < -0.4 is 10.1 Å². The van der Waals surface area contributed by atoms with Gasteiger partial charge in [0.15, 0.2) is 12.4 Å². The van der Waals surface area contributed by atoms with Gasteiger partial charge in [0, 0.05) is 6.20 Å². The number of aromatic amines is 1. The minimum atomic E-state index is -0.371. The van der Waals surface area contributed by atoms with Crippen LogP contribution in [0, 0.1) is 11.3 Å². The molecule has 0 unspecified atom stereocenters. The Labute approximate surface area is 143 Å². The van der Waals surface area contributed by atoms with Crippen molar-refractivity contribution in [3.8, 4) is 23.3 Å². The highest BCUT2D eigenvalue weighted by Gasteiger charge is 2.09. The Morgan fingerprint density at radius 2 is 2.04 bits per heavy atom. The Kier molecular flexibility index (Phi) is 4.97. The molecule has 124 valence electrons.